The second-order valence-electron chi connectivity index (χ2n) is 3.98. The van der Waals surface area contributed by atoms with E-state index >= 15 is 0 Å². The summed E-state index contributed by atoms with van der Waals surface area (Å²) in [5.74, 6) is 0. The van der Waals surface area contributed by atoms with Crippen molar-refractivity contribution in [1.82, 2.24) is 15.3 Å². The fourth-order valence-electron chi connectivity index (χ4n) is 1.60. The maximum Gasteiger partial charge on any atom is 0.0926 e. The van der Waals surface area contributed by atoms with Gasteiger partial charge in [-0.2, -0.15) is 0 Å². The largest absolute Gasteiger partial charge is 0.304 e. The number of pyridine rings is 1. The van der Waals surface area contributed by atoms with Gasteiger partial charge >= 0.3 is 0 Å². The van der Waals surface area contributed by atoms with Crippen molar-refractivity contribution in [3.63, 3.8) is 0 Å². The third-order valence-corrected chi connectivity index (χ3v) is 3.72. The van der Waals surface area contributed by atoms with Gasteiger partial charge in [0.05, 0.1) is 10.7 Å². The van der Waals surface area contributed by atoms with Crippen LogP contribution in [0.2, 0.25) is 0 Å². The molecular weight excluding hydrogens is 230 g/mol. The lowest BCUT2D eigenvalue weighted by molar-refractivity contribution is 0.567. The Balaban J connectivity index is 1.90. The van der Waals surface area contributed by atoms with E-state index < -0.39 is 0 Å². The molecule has 2 heterocycles. The molecule has 17 heavy (non-hydrogen) atoms. The molecule has 90 valence electrons. The Kier molecular flexibility index (Phi) is 4.23. The molecule has 0 aliphatic carbocycles. The molecule has 1 N–H and O–H groups in total. The number of hydrogen-bond donors (Lipinski definition) is 1. The molecule has 0 aliphatic heterocycles. The molecular formula is C13H17N3S. The topological polar surface area (TPSA) is 37.8 Å². The number of aryl methyl sites for hydroxylation is 1. The van der Waals surface area contributed by atoms with Gasteiger partial charge in [0.1, 0.15) is 0 Å². The molecule has 2 rings (SSSR count). The lowest BCUT2D eigenvalue weighted by atomic mass is 10.1. The number of thiazole rings is 1. The van der Waals surface area contributed by atoms with Gasteiger partial charge in [-0.1, -0.05) is 13.0 Å². The summed E-state index contributed by atoms with van der Waals surface area (Å²) in [6.45, 7) is 5.09. The summed E-state index contributed by atoms with van der Waals surface area (Å²) in [5.41, 5.74) is 2.33. The first kappa shape index (κ1) is 12.2. The quantitative estimate of drug-likeness (QED) is 0.882. The molecule has 1 atom stereocenters. The molecule has 0 amide bonds. The maximum atomic E-state index is 4.53. The molecule has 4 heteroatoms. The van der Waals surface area contributed by atoms with E-state index in [1.807, 2.05) is 12.3 Å². The molecule has 0 fully saturated rings. The second kappa shape index (κ2) is 5.89. The Morgan fingerprint density at radius 2 is 2.35 bits per heavy atom. The highest BCUT2D eigenvalue weighted by atomic mass is 32.1. The lowest BCUT2D eigenvalue weighted by Gasteiger charge is -2.12. The van der Waals surface area contributed by atoms with E-state index in [2.05, 4.69) is 40.6 Å². The summed E-state index contributed by atoms with van der Waals surface area (Å²) in [5, 5.41) is 6.79. The first-order valence-corrected chi connectivity index (χ1v) is 6.74. The van der Waals surface area contributed by atoms with E-state index in [4.69, 9.17) is 0 Å². The zero-order valence-corrected chi connectivity index (χ0v) is 11.0. The molecule has 0 spiro atoms. The number of nitrogens with zero attached hydrogens (tertiary/aromatic N) is 2. The number of nitrogens with one attached hydrogen (secondary N) is 1. The molecule has 2 aromatic heterocycles. The zero-order chi connectivity index (χ0) is 12.1. The van der Waals surface area contributed by atoms with Crippen LogP contribution in [-0.4, -0.2) is 9.97 Å². The highest BCUT2D eigenvalue weighted by molar-refractivity contribution is 7.09. The van der Waals surface area contributed by atoms with Gasteiger partial charge in [-0.05, 0) is 25.0 Å². The highest BCUT2D eigenvalue weighted by Crippen LogP contribution is 2.13. The summed E-state index contributed by atoms with van der Waals surface area (Å²) in [6.07, 6.45) is 4.71. The summed E-state index contributed by atoms with van der Waals surface area (Å²) in [6, 6.07) is 4.35. The van der Waals surface area contributed by atoms with Crippen LogP contribution in [0.15, 0.2) is 29.9 Å². The minimum absolute atomic E-state index is 0.301. The van der Waals surface area contributed by atoms with Crippen molar-refractivity contribution in [2.24, 2.45) is 0 Å². The highest BCUT2D eigenvalue weighted by Gasteiger charge is 2.06. The van der Waals surface area contributed by atoms with E-state index in [1.165, 1.54) is 10.6 Å². The smallest absolute Gasteiger partial charge is 0.0926 e. The number of aromatic nitrogens is 2. The molecule has 2 aromatic rings. The van der Waals surface area contributed by atoms with Gasteiger partial charge in [-0.25, -0.2) is 4.98 Å². The Hall–Kier alpha value is -1.26. The van der Waals surface area contributed by atoms with Crippen molar-refractivity contribution >= 4 is 11.3 Å². The predicted octanol–water partition coefficient (Wildman–Crippen LogP) is 2.95. The van der Waals surface area contributed by atoms with Crippen LogP contribution >= 0.6 is 11.3 Å². The average Bonchev–Trinajstić information content (AvgIpc) is 2.85. The van der Waals surface area contributed by atoms with E-state index in [9.17, 15) is 0 Å². The van der Waals surface area contributed by atoms with E-state index in [0.29, 0.717) is 6.04 Å². The zero-order valence-electron chi connectivity index (χ0n) is 10.2. The molecule has 0 saturated carbocycles. The van der Waals surface area contributed by atoms with Crippen molar-refractivity contribution in [3.05, 3.63) is 46.2 Å². The van der Waals surface area contributed by atoms with Crippen molar-refractivity contribution in [3.8, 4) is 0 Å². The second-order valence-corrected chi connectivity index (χ2v) is 4.92. The van der Waals surface area contributed by atoms with Crippen LogP contribution in [0.1, 0.15) is 36.2 Å². The molecule has 0 saturated heterocycles. The third kappa shape index (κ3) is 3.35. The first-order valence-electron chi connectivity index (χ1n) is 5.86. The van der Waals surface area contributed by atoms with Gasteiger partial charge in [-0.3, -0.25) is 4.98 Å². The molecule has 0 aliphatic rings. The van der Waals surface area contributed by atoms with E-state index in [0.717, 1.165) is 18.7 Å². The fourth-order valence-corrected chi connectivity index (χ4v) is 2.34. The maximum absolute atomic E-state index is 4.53. The van der Waals surface area contributed by atoms with Crippen LogP contribution in [0.5, 0.6) is 0 Å². The number of rotatable bonds is 5. The summed E-state index contributed by atoms with van der Waals surface area (Å²) >= 11 is 1.73. The molecule has 0 aromatic carbocycles. The Labute approximate surface area is 106 Å². The average molecular weight is 247 g/mol. The minimum Gasteiger partial charge on any atom is -0.304 e. The standard InChI is InChI=1S/C13H17N3S/c1-3-13-16-12(9-17-13)8-15-10(2)11-5-4-6-14-7-11/h4-7,9-10,15H,3,8H2,1-2H3/t10-/m1/s1. The SMILES string of the molecule is CCc1nc(CN[C@H](C)c2cccnc2)cs1. The van der Waals surface area contributed by atoms with Gasteiger partial charge in [-0.15, -0.1) is 11.3 Å². The van der Waals surface area contributed by atoms with Crippen LogP contribution in [-0.2, 0) is 13.0 Å². The minimum atomic E-state index is 0.301. The van der Waals surface area contributed by atoms with Gasteiger partial charge in [0.15, 0.2) is 0 Å². The molecule has 3 nitrogen and oxygen atoms in total. The van der Waals surface area contributed by atoms with Crippen LogP contribution in [0.3, 0.4) is 0 Å². The van der Waals surface area contributed by atoms with Crippen LogP contribution in [0, 0.1) is 0 Å². The van der Waals surface area contributed by atoms with Gasteiger partial charge in [0, 0.05) is 30.4 Å². The van der Waals surface area contributed by atoms with Gasteiger partial charge in [0.2, 0.25) is 0 Å². The predicted molar refractivity (Wildman–Crippen MR) is 71.0 cm³/mol. The van der Waals surface area contributed by atoms with Crippen LogP contribution in [0.4, 0.5) is 0 Å². The van der Waals surface area contributed by atoms with E-state index in [1.54, 1.807) is 17.5 Å². The summed E-state index contributed by atoms with van der Waals surface area (Å²) in [4.78, 5) is 8.66. The first-order chi connectivity index (χ1) is 8.29. The third-order valence-electron chi connectivity index (χ3n) is 2.68. The van der Waals surface area contributed by atoms with E-state index in [-0.39, 0.29) is 0 Å². The fraction of sp³-hybridized carbons (Fsp3) is 0.385. The Morgan fingerprint density at radius 1 is 1.47 bits per heavy atom. The summed E-state index contributed by atoms with van der Waals surface area (Å²) < 4.78 is 0. The van der Waals surface area contributed by atoms with Gasteiger partial charge in [0.25, 0.3) is 0 Å². The van der Waals surface area contributed by atoms with Crippen LogP contribution < -0.4 is 5.32 Å². The van der Waals surface area contributed by atoms with Crippen molar-refractivity contribution in [1.29, 1.82) is 0 Å². The van der Waals surface area contributed by atoms with Gasteiger partial charge < -0.3 is 5.32 Å². The monoisotopic (exact) mass is 247 g/mol. The summed E-state index contributed by atoms with van der Waals surface area (Å²) in [7, 11) is 0. The normalized spacial score (nSPS) is 12.6. The van der Waals surface area contributed by atoms with Crippen molar-refractivity contribution in [2.45, 2.75) is 32.9 Å². The Morgan fingerprint density at radius 3 is 3.00 bits per heavy atom. The molecule has 0 radical (unpaired) electrons. The number of hydrogen-bond acceptors (Lipinski definition) is 4. The van der Waals surface area contributed by atoms with Crippen molar-refractivity contribution in [2.75, 3.05) is 0 Å². The van der Waals surface area contributed by atoms with Crippen molar-refractivity contribution < 1.29 is 0 Å². The van der Waals surface area contributed by atoms with Crippen LogP contribution in [0.25, 0.3) is 0 Å². The molecule has 0 unspecified atom stereocenters. The molecule has 0 bridgehead atoms. The lowest BCUT2D eigenvalue weighted by Crippen LogP contribution is -2.18. The Bertz CT molecular complexity index is 453.